The maximum Gasteiger partial charge on any atom is 0.416 e. The number of benzene rings is 2. The average molecular weight is 404 g/mol. The van der Waals surface area contributed by atoms with Crippen molar-refractivity contribution in [2.45, 2.75) is 23.5 Å². The fourth-order valence-corrected chi connectivity index (χ4v) is 3.27. The van der Waals surface area contributed by atoms with Crippen LogP contribution in [0.15, 0.2) is 53.7 Å². The van der Waals surface area contributed by atoms with E-state index in [9.17, 15) is 13.2 Å². The Kier molecular flexibility index (Phi) is 5.61. The number of hydrogen-bond donors (Lipinski definition) is 0. The molecule has 3 rings (SSSR count). The van der Waals surface area contributed by atoms with E-state index >= 15 is 0 Å². The van der Waals surface area contributed by atoms with Crippen molar-refractivity contribution >= 4 is 11.8 Å². The second kappa shape index (κ2) is 7.94. The van der Waals surface area contributed by atoms with Gasteiger partial charge in [-0.3, -0.25) is 4.57 Å². The van der Waals surface area contributed by atoms with Crippen LogP contribution in [0.1, 0.15) is 12.5 Å². The van der Waals surface area contributed by atoms with Crippen molar-refractivity contribution in [1.82, 2.24) is 14.8 Å². The van der Waals surface area contributed by atoms with E-state index in [1.165, 1.54) is 17.7 Å². The number of halogens is 3. The minimum atomic E-state index is -4.47. The van der Waals surface area contributed by atoms with Crippen molar-refractivity contribution < 1.29 is 17.9 Å². The zero-order chi connectivity index (χ0) is 20.3. The predicted molar refractivity (Wildman–Crippen MR) is 99.3 cm³/mol. The molecule has 0 aliphatic rings. The minimum absolute atomic E-state index is 0.262. The third-order valence-electron chi connectivity index (χ3n) is 3.88. The van der Waals surface area contributed by atoms with Crippen LogP contribution in [0.2, 0.25) is 0 Å². The molecular weight excluding hydrogens is 389 g/mol. The van der Waals surface area contributed by atoms with Crippen molar-refractivity contribution in [3.8, 4) is 28.9 Å². The Morgan fingerprint density at radius 3 is 2.46 bits per heavy atom. The highest BCUT2D eigenvalue weighted by molar-refractivity contribution is 8.00. The van der Waals surface area contributed by atoms with E-state index in [0.29, 0.717) is 22.3 Å². The van der Waals surface area contributed by atoms with Crippen LogP contribution in [-0.4, -0.2) is 27.1 Å². The number of alkyl halides is 3. The number of rotatable bonds is 5. The van der Waals surface area contributed by atoms with Gasteiger partial charge in [0, 0.05) is 5.56 Å². The number of ether oxygens (including phenoxy) is 1. The summed E-state index contributed by atoms with van der Waals surface area (Å²) in [6, 6.07) is 13.9. The normalized spacial score (nSPS) is 12.4. The summed E-state index contributed by atoms with van der Waals surface area (Å²) in [5.74, 6) is 1.01. The van der Waals surface area contributed by atoms with Gasteiger partial charge in [-0.15, -0.1) is 10.2 Å². The zero-order valence-electron chi connectivity index (χ0n) is 14.9. The molecule has 9 heteroatoms. The molecule has 3 aromatic rings. The van der Waals surface area contributed by atoms with Gasteiger partial charge in [-0.2, -0.15) is 18.4 Å². The second-order valence-corrected chi connectivity index (χ2v) is 7.12. The molecule has 0 radical (unpaired) electrons. The summed E-state index contributed by atoms with van der Waals surface area (Å²) in [4.78, 5) is 0. The maximum atomic E-state index is 13.2. The number of hydrogen-bond acceptors (Lipinski definition) is 5. The van der Waals surface area contributed by atoms with Gasteiger partial charge in [0.1, 0.15) is 5.75 Å². The van der Waals surface area contributed by atoms with Gasteiger partial charge >= 0.3 is 6.18 Å². The Bertz CT molecular complexity index is 1010. The maximum absolute atomic E-state index is 13.2. The minimum Gasteiger partial charge on any atom is -0.497 e. The van der Waals surface area contributed by atoms with Crippen molar-refractivity contribution in [2.75, 3.05) is 7.11 Å². The van der Waals surface area contributed by atoms with Gasteiger partial charge < -0.3 is 4.74 Å². The first-order valence-electron chi connectivity index (χ1n) is 8.17. The third kappa shape index (κ3) is 4.12. The molecule has 1 heterocycles. The van der Waals surface area contributed by atoms with Crippen molar-refractivity contribution in [3.05, 3.63) is 54.1 Å². The second-order valence-electron chi connectivity index (χ2n) is 5.81. The lowest BCUT2D eigenvalue weighted by atomic mass is 10.1. The van der Waals surface area contributed by atoms with Crippen LogP contribution in [0.25, 0.3) is 17.1 Å². The number of thioether (sulfide) groups is 1. The van der Waals surface area contributed by atoms with Crippen LogP contribution in [0.3, 0.4) is 0 Å². The van der Waals surface area contributed by atoms with Gasteiger partial charge in [0.15, 0.2) is 11.0 Å². The van der Waals surface area contributed by atoms with E-state index in [1.807, 2.05) is 0 Å². The van der Waals surface area contributed by atoms with Gasteiger partial charge in [-0.25, -0.2) is 0 Å². The largest absolute Gasteiger partial charge is 0.497 e. The van der Waals surface area contributed by atoms with Crippen LogP contribution in [-0.2, 0) is 6.18 Å². The number of nitrogens with zero attached hydrogens (tertiary/aromatic N) is 4. The molecule has 0 saturated carbocycles. The van der Waals surface area contributed by atoms with Crippen LogP contribution < -0.4 is 4.74 Å². The monoisotopic (exact) mass is 404 g/mol. The van der Waals surface area contributed by atoms with E-state index in [0.717, 1.165) is 23.9 Å². The molecule has 0 bridgehead atoms. The van der Waals surface area contributed by atoms with Crippen LogP contribution in [0, 0.1) is 11.3 Å². The Hall–Kier alpha value is -2.99. The lowest BCUT2D eigenvalue weighted by Crippen LogP contribution is -2.07. The van der Waals surface area contributed by atoms with E-state index in [1.54, 1.807) is 37.3 Å². The van der Waals surface area contributed by atoms with Gasteiger partial charge in [0.25, 0.3) is 0 Å². The summed E-state index contributed by atoms with van der Waals surface area (Å²) >= 11 is 1.12. The predicted octanol–water partition coefficient (Wildman–Crippen LogP) is 4.97. The Labute approximate surface area is 163 Å². The Morgan fingerprint density at radius 1 is 1.14 bits per heavy atom. The molecule has 0 amide bonds. The molecule has 0 saturated heterocycles. The molecule has 0 fully saturated rings. The molecule has 144 valence electrons. The van der Waals surface area contributed by atoms with Gasteiger partial charge in [-0.1, -0.05) is 17.8 Å². The first-order valence-corrected chi connectivity index (χ1v) is 9.05. The van der Waals surface area contributed by atoms with E-state index in [4.69, 9.17) is 10.00 Å². The topological polar surface area (TPSA) is 63.7 Å². The van der Waals surface area contributed by atoms with E-state index in [-0.39, 0.29) is 5.69 Å². The molecule has 5 nitrogen and oxygen atoms in total. The highest BCUT2D eigenvalue weighted by Gasteiger charge is 2.31. The number of methoxy groups -OCH3 is 1. The highest BCUT2D eigenvalue weighted by Crippen LogP contribution is 2.34. The van der Waals surface area contributed by atoms with Gasteiger partial charge in [0.05, 0.1) is 29.7 Å². The number of nitriles is 1. The quantitative estimate of drug-likeness (QED) is 0.562. The molecule has 0 N–H and O–H groups in total. The molecule has 1 atom stereocenters. The fourth-order valence-electron chi connectivity index (χ4n) is 2.51. The molecule has 1 aromatic heterocycles. The first-order chi connectivity index (χ1) is 13.3. The first kappa shape index (κ1) is 19.8. The summed E-state index contributed by atoms with van der Waals surface area (Å²) < 4.78 is 46.2. The van der Waals surface area contributed by atoms with Crippen LogP contribution in [0.5, 0.6) is 5.75 Å². The standard InChI is InChI=1S/C19H15F3N4OS/c1-12(11-23)28-18-25-24-17(13-6-8-16(27-2)9-7-13)26(18)15-5-3-4-14(10-15)19(20,21)22/h3-10,12H,1-2H3. The molecule has 2 aromatic carbocycles. The van der Waals surface area contributed by atoms with E-state index in [2.05, 4.69) is 16.3 Å². The molecule has 0 spiro atoms. The fraction of sp³-hybridized carbons (Fsp3) is 0.211. The average Bonchev–Trinajstić information content (AvgIpc) is 3.10. The molecular formula is C19H15F3N4OS. The molecule has 28 heavy (non-hydrogen) atoms. The zero-order valence-corrected chi connectivity index (χ0v) is 15.8. The lowest BCUT2D eigenvalue weighted by Gasteiger charge is -2.13. The van der Waals surface area contributed by atoms with Gasteiger partial charge in [0.2, 0.25) is 0 Å². The summed E-state index contributed by atoms with van der Waals surface area (Å²) in [6.45, 7) is 1.68. The van der Waals surface area contributed by atoms with Crippen molar-refractivity contribution in [2.24, 2.45) is 0 Å². The SMILES string of the molecule is COc1ccc(-c2nnc(SC(C)C#N)n2-c2cccc(C(F)(F)F)c2)cc1. The van der Waals surface area contributed by atoms with Gasteiger partial charge in [-0.05, 0) is 49.4 Å². The van der Waals surface area contributed by atoms with E-state index < -0.39 is 17.0 Å². The molecule has 0 aliphatic carbocycles. The molecule has 0 aliphatic heterocycles. The summed E-state index contributed by atoms with van der Waals surface area (Å²) in [5.41, 5.74) is 0.143. The van der Waals surface area contributed by atoms with Crippen molar-refractivity contribution in [3.63, 3.8) is 0 Å². The summed E-state index contributed by atoms with van der Waals surface area (Å²) in [7, 11) is 1.54. The van der Waals surface area contributed by atoms with Crippen LogP contribution >= 0.6 is 11.8 Å². The summed E-state index contributed by atoms with van der Waals surface area (Å²) in [6.07, 6.45) is -4.47. The smallest absolute Gasteiger partial charge is 0.416 e. The summed E-state index contributed by atoms with van der Waals surface area (Å²) in [5, 5.41) is 17.2. The Balaban J connectivity index is 2.16. The third-order valence-corrected chi connectivity index (χ3v) is 4.81. The molecule has 1 unspecified atom stereocenters. The number of aromatic nitrogens is 3. The lowest BCUT2D eigenvalue weighted by molar-refractivity contribution is -0.137. The Morgan fingerprint density at radius 2 is 1.86 bits per heavy atom. The van der Waals surface area contributed by atoms with Crippen LogP contribution in [0.4, 0.5) is 13.2 Å². The highest BCUT2D eigenvalue weighted by atomic mass is 32.2. The van der Waals surface area contributed by atoms with Crippen molar-refractivity contribution in [1.29, 1.82) is 5.26 Å².